The van der Waals surface area contributed by atoms with Gasteiger partial charge in [-0.25, -0.2) is 9.97 Å². The van der Waals surface area contributed by atoms with Gasteiger partial charge in [0.05, 0.1) is 5.69 Å². The largest absolute Gasteiger partial charge is 0.321 e. The summed E-state index contributed by atoms with van der Waals surface area (Å²) in [6, 6.07) is 0. The molecule has 2 aliphatic carbocycles. The van der Waals surface area contributed by atoms with Gasteiger partial charge >= 0.3 is 0 Å². The lowest BCUT2D eigenvalue weighted by molar-refractivity contribution is 0.707. The molecule has 3 rings (SSSR count). The molecule has 0 amide bonds. The van der Waals surface area contributed by atoms with E-state index in [2.05, 4.69) is 9.97 Å². The summed E-state index contributed by atoms with van der Waals surface area (Å²) in [7, 11) is 0. The average Bonchev–Trinajstić information content (AvgIpc) is 2.98. The molecule has 14 heavy (non-hydrogen) atoms. The molecule has 2 N–H and O–H groups in total. The van der Waals surface area contributed by atoms with Crippen LogP contribution in [0.3, 0.4) is 0 Å². The molecule has 0 aromatic carbocycles. The van der Waals surface area contributed by atoms with Gasteiger partial charge in [0, 0.05) is 17.0 Å². The summed E-state index contributed by atoms with van der Waals surface area (Å²) in [5.74, 6) is 0.589. The van der Waals surface area contributed by atoms with Gasteiger partial charge in [0.25, 0.3) is 0 Å². The topological polar surface area (TPSA) is 51.8 Å². The maximum absolute atomic E-state index is 6.17. The quantitative estimate of drug-likeness (QED) is 0.758. The number of nitrogens with two attached hydrogens (primary N) is 1. The third kappa shape index (κ3) is 1.23. The lowest BCUT2D eigenvalue weighted by Crippen LogP contribution is -2.22. The summed E-state index contributed by atoms with van der Waals surface area (Å²) in [6.07, 6.45) is 6.01. The maximum Gasteiger partial charge on any atom is 0.137 e. The van der Waals surface area contributed by atoms with Crippen LogP contribution >= 0.6 is 11.6 Å². The molecule has 0 spiro atoms. The van der Waals surface area contributed by atoms with Gasteiger partial charge in [0.15, 0.2) is 0 Å². The van der Waals surface area contributed by atoms with Gasteiger partial charge in [0.2, 0.25) is 0 Å². The van der Waals surface area contributed by atoms with Crippen molar-refractivity contribution in [3.05, 3.63) is 22.7 Å². The maximum atomic E-state index is 6.17. The van der Waals surface area contributed by atoms with Gasteiger partial charge < -0.3 is 5.73 Å². The minimum Gasteiger partial charge on any atom is -0.321 e. The van der Waals surface area contributed by atoms with E-state index in [1.807, 2.05) is 0 Å². The van der Waals surface area contributed by atoms with Gasteiger partial charge in [-0.3, -0.25) is 0 Å². The van der Waals surface area contributed by atoms with E-state index in [0.29, 0.717) is 11.1 Å². The number of halogens is 1. The molecule has 0 unspecified atom stereocenters. The first kappa shape index (κ1) is 8.62. The van der Waals surface area contributed by atoms with Crippen LogP contribution < -0.4 is 5.73 Å². The highest BCUT2D eigenvalue weighted by Gasteiger charge is 2.46. The van der Waals surface area contributed by atoms with Crippen LogP contribution in [0.2, 0.25) is 5.15 Å². The van der Waals surface area contributed by atoms with Crippen molar-refractivity contribution in [2.24, 2.45) is 5.73 Å². The van der Waals surface area contributed by atoms with Gasteiger partial charge in [-0.1, -0.05) is 11.6 Å². The molecule has 0 aliphatic heterocycles. The van der Waals surface area contributed by atoms with E-state index >= 15 is 0 Å². The smallest absolute Gasteiger partial charge is 0.137 e. The zero-order valence-electron chi connectivity index (χ0n) is 7.83. The van der Waals surface area contributed by atoms with Crippen LogP contribution in [0.5, 0.6) is 0 Å². The van der Waals surface area contributed by atoms with Crippen LogP contribution in [0.4, 0.5) is 0 Å². The molecular formula is C10H12ClN3. The van der Waals surface area contributed by atoms with Crippen molar-refractivity contribution in [1.82, 2.24) is 9.97 Å². The van der Waals surface area contributed by atoms with Crippen molar-refractivity contribution < 1.29 is 0 Å². The van der Waals surface area contributed by atoms with Crippen LogP contribution in [0.25, 0.3) is 0 Å². The van der Waals surface area contributed by atoms with E-state index in [9.17, 15) is 0 Å². The molecule has 2 saturated carbocycles. The summed E-state index contributed by atoms with van der Waals surface area (Å²) in [6.45, 7) is 0. The lowest BCUT2D eigenvalue weighted by Gasteiger charge is -2.14. The van der Waals surface area contributed by atoms with Crippen molar-refractivity contribution >= 4 is 11.6 Å². The predicted octanol–water partition coefficient (Wildman–Crippen LogP) is 1.96. The van der Waals surface area contributed by atoms with E-state index in [1.54, 1.807) is 6.33 Å². The second-order valence-electron chi connectivity index (χ2n) is 4.36. The van der Waals surface area contributed by atoms with Crippen LogP contribution in [0.1, 0.15) is 42.9 Å². The van der Waals surface area contributed by atoms with E-state index in [1.165, 1.54) is 12.8 Å². The van der Waals surface area contributed by atoms with Crippen molar-refractivity contribution in [1.29, 1.82) is 0 Å². The summed E-state index contributed by atoms with van der Waals surface area (Å²) in [4.78, 5) is 8.36. The highest BCUT2D eigenvalue weighted by molar-refractivity contribution is 6.30. The monoisotopic (exact) mass is 209 g/mol. The van der Waals surface area contributed by atoms with Crippen LogP contribution in [-0.4, -0.2) is 9.97 Å². The third-order valence-corrected chi connectivity index (χ3v) is 3.37. The Morgan fingerprint density at radius 2 is 2.07 bits per heavy atom. The molecule has 1 heterocycles. The van der Waals surface area contributed by atoms with Crippen LogP contribution in [0, 0.1) is 0 Å². The third-order valence-electron chi connectivity index (χ3n) is 3.08. The standard InChI is InChI=1S/C10H12ClN3/c11-9-7(10(12)3-4-10)8(6-1-2-6)13-5-14-9/h5-6H,1-4,12H2. The molecule has 0 saturated heterocycles. The average molecular weight is 210 g/mol. The Hall–Kier alpha value is -0.670. The van der Waals surface area contributed by atoms with Gasteiger partial charge in [0.1, 0.15) is 11.5 Å². The molecule has 4 heteroatoms. The van der Waals surface area contributed by atoms with E-state index in [-0.39, 0.29) is 5.54 Å². The van der Waals surface area contributed by atoms with Crippen molar-refractivity contribution in [3.8, 4) is 0 Å². The highest BCUT2D eigenvalue weighted by atomic mass is 35.5. The SMILES string of the molecule is NC1(c2c(Cl)ncnc2C2CC2)CC1. The minimum absolute atomic E-state index is 0.212. The summed E-state index contributed by atoms with van der Waals surface area (Å²) in [5, 5.41) is 0.557. The zero-order valence-corrected chi connectivity index (χ0v) is 8.59. The summed E-state index contributed by atoms with van der Waals surface area (Å²) >= 11 is 6.09. The summed E-state index contributed by atoms with van der Waals surface area (Å²) < 4.78 is 0. The zero-order chi connectivity index (χ0) is 9.76. The Morgan fingerprint density at radius 3 is 2.64 bits per heavy atom. The number of hydrogen-bond acceptors (Lipinski definition) is 3. The molecular weight excluding hydrogens is 198 g/mol. The Kier molecular flexibility index (Phi) is 1.65. The van der Waals surface area contributed by atoms with Crippen molar-refractivity contribution in [2.75, 3.05) is 0 Å². The van der Waals surface area contributed by atoms with E-state index < -0.39 is 0 Å². The molecule has 3 nitrogen and oxygen atoms in total. The summed E-state index contributed by atoms with van der Waals surface area (Å²) in [5.41, 5.74) is 8.08. The van der Waals surface area contributed by atoms with Crippen LogP contribution in [-0.2, 0) is 5.54 Å². The van der Waals surface area contributed by atoms with E-state index in [0.717, 1.165) is 24.1 Å². The van der Waals surface area contributed by atoms with E-state index in [4.69, 9.17) is 17.3 Å². The molecule has 0 radical (unpaired) electrons. The Balaban J connectivity index is 2.13. The Morgan fingerprint density at radius 1 is 1.36 bits per heavy atom. The lowest BCUT2D eigenvalue weighted by atomic mass is 10.0. The van der Waals surface area contributed by atoms with Gasteiger partial charge in [-0.2, -0.15) is 0 Å². The molecule has 0 atom stereocenters. The number of hydrogen-bond donors (Lipinski definition) is 1. The normalized spacial score (nSPS) is 23.6. The molecule has 1 aromatic heterocycles. The number of rotatable bonds is 2. The van der Waals surface area contributed by atoms with Crippen molar-refractivity contribution in [2.45, 2.75) is 37.1 Å². The fraction of sp³-hybridized carbons (Fsp3) is 0.600. The number of nitrogens with zero attached hydrogens (tertiary/aromatic N) is 2. The Bertz CT molecular complexity index is 383. The molecule has 2 aliphatic rings. The first-order valence-electron chi connectivity index (χ1n) is 5.00. The predicted molar refractivity (Wildman–Crippen MR) is 54.1 cm³/mol. The molecule has 1 aromatic rings. The van der Waals surface area contributed by atoms with Gasteiger partial charge in [-0.05, 0) is 25.7 Å². The van der Waals surface area contributed by atoms with Crippen molar-refractivity contribution in [3.63, 3.8) is 0 Å². The van der Waals surface area contributed by atoms with Gasteiger partial charge in [-0.15, -0.1) is 0 Å². The number of aromatic nitrogens is 2. The fourth-order valence-corrected chi connectivity index (χ4v) is 2.22. The highest BCUT2D eigenvalue weighted by Crippen LogP contribution is 2.51. The molecule has 0 bridgehead atoms. The van der Waals surface area contributed by atoms with Crippen LogP contribution in [0.15, 0.2) is 6.33 Å². The molecule has 2 fully saturated rings. The first-order valence-corrected chi connectivity index (χ1v) is 5.38. The molecule has 74 valence electrons. The second-order valence-corrected chi connectivity index (χ2v) is 4.71. The fourth-order valence-electron chi connectivity index (χ4n) is 1.89. The Labute approximate surface area is 87.7 Å². The minimum atomic E-state index is -0.212. The second kappa shape index (κ2) is 2.67. The first-order chi connectivity index (χ1) is 6.71.